The van der Waals surface area contributed by atoms with E-state index in [1.807, 2.05) is 6.07 Å². The molecule has 1 heteroatoms. The molecule has 8 aromatic rings. The zero-order valence-corrected chi connectivity index (χ0v) is 23.5. The first kappa shape index (κ1) is 24.0. The highest BCUT2D eigenvalue weighted by Crippen LogP contribution is 2.48. The SMILES string of the molecule is CC(C)(C)c1ccc2c(-c3cccc4c3oc3ccccc34)c3ccccc3c(-c3cccc4ccccc34)c2c1. The molecule has 0 saturated carbocycles. The fraction of sp³-hybridized carbons (Fsp3) is 0.100. The minimum Gasteiger partial charge on any atom is -0.455 e. The zero-order valence-electron chi connectivity index (χ0n) is 23.5. The molecular formula is C40H30O. The molecular weight excluding hydrogens is 496 g/mol. The van der Waals surface area contributed by atoms with Gasteiger partial charge in [-0.1, -0.05) is 136 Å². The van der Waals surface area contributed by atoms with E-state index in [0.717, 1.165) is 27.5 Å². The van der Waals surface area contributed by atoms with Crippen LogP contribution in [0, 0.1) is 0 Å². The van der Waals surface area contributed by atoms with Gasteiger partial charge in [-0.2, -0.15) is 0 Å². The Kier molecular flexibility index (Phi) is 5.15. The summed E-state index contributed by atoms with van der Waals surface area (Å²) in [5.41, 5.74) is 8.13. The fourth-order valence-electron chi connectivity index (χ4n) is 6.61. The standard InChI is InChI=1S/C40H30O/c1-40(2,3)26-22-23-32-35(24-26)38(29-18-10-13-25-12-4-5-14-27(25)29)31-17-7-6-16-30(31)37(32)34-20-11-19-33-28-15-8-9-21-36(28)41-39(33)34/h4-24H,1-3H3. The largest absolute Gasteiger partial charge is 0.455 e. The number of fused-ring (bicyclic) bond motifs is 6. The maximum atomic E-state index is 6.59. The van der Waals surface area contributed by atoms with Crippen molar-refractivity contribution in [2.24, 2.45) is 0 Å². The third-order valence-corrected chi connectivity index (χ3v) is 8.62. The van der Waals surface area contributed by atoms with Gasteiger partial charge in [-0.05, 0) is 66.6 Å². The van der Waals surface area contributed by atoms with Gasteiger partial charge < -0.3 is 4.42 Å². The summed E-state index contributed by atoms with van der Waals surface area (Å²) in [5, 5.41) is 9.84. The van der Waals surface area contributed by atoms with Crippen molar-refractivity contribution >= 4 is 54.3 Å². The van der Waals surface area contributed by atoms with E-state index < -0.39 is 0 Å². The molecule has 8 rings (SSSR count). The van der Waals surface area contributed by atoms with E-state index in [0.29, 0.717) is 0 Å². The van der Waals surface area contributed by atoms with E-state index in [-0.39, 0.29) is 5.41 Å². The van der Waals surface area contributed by atoms with Crippen molar-refractivity contribution in [2.45, 2.75) is 26.2 Å². The van der Waals surface area contributed by atoms with Gasteiger partial charge in [-0.3, -0.25) is 0 Å². The van der Waals surface area contributed by atoms with Crippen molar-refractivity contribution < 1.29 is 4.42 Å². The average molecular weight is 527 g/mol. The predicted octanol–water partition coefficient (Wildman–Crippen LogP) is 11.7. The minimum absolute atomic E-state index is 0.0226. The van der Waals surface area contributed by atoms with Crippen LogP contribution in [0.1, 0.15) is 26.3 Å². The van der Waals surface area contributed by atoms with Crippen molar-refractivity contribution in [3.8, 4) is 22.3 Å². The van der Waals surface area contributed by atoms with Gasteiger partial charge in [0.2, 0.25) is 0 Å². The molecule has 0 aliphatic carbocycles. The van der Waals surface area contributed by atoms with Gasteiger partial charge in [-0.15, -0.1) is 0 Å². The number of rotatable bonds is 2. The summed E-state index contributed by atoms with van der Waals surface area (Å²) in [7, 11) is 0. The second-order valence-corrected chi connectivity index (χ2v) is 12.1. The highest BCUT2D eigenvalue weighted by Gasteiger charge is 2.23. The molecule has 0 aliphatic heterocycles. The van der Waals surface area contributed by atoms with Crippen LogP contribution >= 0.6 is 0 Å². The van der Waals surface area contributed by atoms with Crippen LogP contribution in [0.5, 0.6) is 0 Å². The third kappa shape index (κ3) is 3.62. The Bertz CT molecular complexity index is 2290. The van der Waals surface area contributed by atoms with Crippen molar-refractivity contribution in [3.05, 3.63) is 133 Å². The van der Waals surface area contributed by atoms with E-state index in [1.165, 1.54) is 54.6 Å². The Morgan fingerprint density at radius 2 is 1.00 bits per heavy atom. The van der Waals surface area contributed by atoms with Crippen molar-refractivity contribution in [1.29, 1.82) is 0 Å². The van der Waals surface area contributed by atoms with Crippen molar-refractivity contribution in [1.82, 2.24) is 0 Å². The Morgan fingerprint density at radius 1 is 0.439 bits per heavy atom. The van der Waals surface area contributed by atoms with Gasteiger partial charge in [-0.25, -0.2) is 0 Å². The molecule has 1 aromatic heterocycles. The maximum absolute atomic E-state index is 6.59. The van der Waals surface area contributed by atoms with Crippen LogP contribution in [0.2, 0.25) is 0 Å². The first-order valence-electron chi connectivity index (χ1n) is 14.4. The Balaban J connectivity index is 1.59. The molecule has 0 spiro atoms. The van der Waals surface area contributed by atoms with Crippen LogP contribution < -0.4 is 0 Å². The Hall–Kier alpha value is -4.88. The van der Waals surface area contributed by atoms with E-state index in [4.69, 9.17) is 4.42 Å². The van der Waals surface area contributed by atoms with E-state index in [9.17, 15) is 0 Å². The van der Waals surface area contributed by atoms with Crippen LogP contribution in [0.25, 0.3) is 76.5 Å². The van der Waals surface area contributed by atoms with Crippen LogP contribution in [0.3, 0.4) is 0 Å². The van der Waals surface area contributed by atoms with Gasteiger partial charge in [0.1, 0.15) is 11.2 Å². The molecule has 0 bridgehead atoms. The maximum Gasteiger partial charge on any atom is 0.143 e. The second-order valence-electron chi connectivity index (χ2n) is 12.1. The van der Waals surface area contributed by atoms with Crippen LogP contribution in [-0.2, 0) is 5.41 Å². The molecule has 0 saturated heterocycles. The highest BCUT2D eigenvalue weighted by molar-refractivity contribution is 6.25. The van der Waals surface area contributed by atoms with Gasteiger partial charge >= 0.3 is 0 Å². The summed E-state index contributed by atoms with van der Waals surface area (Å²) in [5.74, 6) is 0. The summed E-state index contributed by atoms with van der Waals surface area (Å²) < 4.78 is 6.59. The zero-order chi connectivity index (χ0) is 27.7. The summed E-state index contributed by atoms with van der Waals surface area (Å²) in [6, 6.07) is 46.3. The quantitative estimate of drug-likeness (QED) is 0.204. The van der Waals surface area contributed by atoms with Gasteiger partial charge in [0.25, 0.3) is 0 Å². The summed E-state index contributed by atoms with van der Waals surface area (Å²) in [6.45, 7) is 6.88. The normalized spacial score (nSPS) is 12.3. The molecule has 41 heavy (non-hydrogen) atoms. The molecule has 1 nitrogen and oxygen atoms in total. The number of hydrogen-bond donors (Lipinski definition) is 0. The van der Waals surface area contributed by atoms with E-state index in [2.05, 4.69) is 142 Å². The van der Waals surface area contributed by atoms with Crippen LogP contribution in [0.15, 0.2) is 132 Å². The average Bonchev–Trinajstić information content (AvgIpc) is 3.38. The second kappa shape index (κ2) is 8.81. The molecule has 0 N–H and O–H groups in total. The number of furan rings is 1. The third-order valence-electron chi connectivity index (χ3n) is 8.62. The number of para-hydroxylation sites is 2. The van der Waals surface area contributed by atoms with Gasteiger partial charge in [0.05, 0.1) is 0 Å². The lowest BCUT2D eigenvalue weighted by Gasteiger charge is -2.23. The molecule has 1 heterocycles. The lowest BCUT2D eigenvalue weighted by atomic mass is 9.80. The smallest absolute Gasteiger partial charge is 0.143 e. The lowest BCUT2D eigenvalue weighted by Crippen LogP contribution is -2.10. The molecule has 0 amide bonds. The number of benzene rings is 7. The van der Waals surface area contributed by atoms with Crippen molar-refractivity contribution in [3.63, 3.8) is 0 Å². The summed E-state index contributed by atoms with van der Waals surface area (Å²) >= 11 is 0. The lowest BCUT2D eigenvalue weighted by molar-refractivity contribution is 0.591. The first-order chi connectivity index (χ1) is 20.0. The van der Waals surface area contributed by atoms with Gasteiger partial charge in [0, 0.05) is 21.9 Å². The van der Waals surface area contributed by atoms with Gasteiger partial charge in [0.15, 0.2) is 0 Å². The van der Waals surface area contributed by atoms with E-state index >= 15 is 0 Å². The first-order valence-corrected chi connectivity index (χ1v) is 14.4. The molecule has 0 atom stereocenters. The van der Waals surface area contributed by atoms with Crippen LogP contribution in [-0.4, -0.2) is 0 Å². The molecule has 0 radical (unpaired) electrons. The Labute approximate surface area is 239 Å². The molecule has 196 valence electrons. The number of hydrogen-bond acceptors (Lipinski definition) is 1. The predicted molar refractivity (Wildman–Crippen MR) is 176 cm³/mol. The molecule has 0 unspecified atom stereocenters. The summed E-state index contributed by atoms with van der Waals surface area (Å²) in [4.78, 5) is 0. The summed E-state index contributed by atoms with van der Waals surface area (Å²) in [6.07, 6.45) is 0. The topological polar surface area (TPSA) is 13.1 Å². The molecule has 0 fully saturated rings. The Morgan fingerprint density at radius 3 is 1.78 bits per heavy atom. The highest BCUT2D eigenvalue weighted by atomic mass is 16.3. The monoisotopic (exact) mass is 526 g/mol. The minimum atomic E-state index is 0.0226. The van der Waals surface area contributed by atoms with E-state index in [1.54, 1.807) is 0 Å². The fourth-order valence-corrected chi connectivity index (χ4v) is 6.61. The molecule has 7 aromatic carbocycles. The molecule has 0 aliphatic rings. The van der Waals surface area contributed by atoms with Crippen LogP contribution in [0.4, 0.5) is 0 Å². The van der Waals surface area contributed by atoms with Crippen molar-refractivity contribution in [2.75, 3.05) is 0 Å².